The summed E-state index contributed by atoms with van der Waals surface area (Å²) in [5.74, 6) is 0. The van der Waals surface area contributed by atoms with Gasteiger partial charge in [0.2, 0.25) is 0 Å². The Balaban J connectivity index is 3.20. The Morgan fingerprint density at radius 3 is 2.90 bits per heavy atom. The van der Waals surface area contributed by atoms with Crippen LogP contribution in [0.1, 0.15) is 5.69 Å². The molecule has 0 bridgehead atoms. The highest BCUT2D eigenvalue weighted by molar-refractivity contribution is 6.32. The molecule has 0 aromatic carbocycles. The van der Waals surface area contributed by atoms with Crippen molar-refractivity contribution in [2.24, 2.45) is 0 Å². The fraction of sp³-hybridized carbons (Fsp3) is 0. The van der Waals surface area contributed by atoms with Gasteiger partial charge >= 0.3 is 0 Å². The summed E-state index contributed by atoms with van der Waals surface area (Å²) < 4.78 is 0. The molecule has 0 aliphatic heterocycles. The van der Waals surface area contributed by atoms with Crippen LogP contribution in [0.3, 0.4) is 0 Å². The van der Waals surface area contributed by atoms with Crippen LogP contribution >= 0.6 is 11.6 Å². The Morgan fingerprint density at radius 2 is 2.40 bits per heavy atom. The van der Waals surface area contributed by atoms with E-state index in [1.165, 1.54) is 12.3 Å². The second kappa shape index (κ2) is 2.54. The van der Waals surface area contributed by atoms with Crippen molar-refractivity contribution in [3.63, 3.8) is 0 Å². The van der Waals surface area contributed by atoms with Gasteiger partial charge in [-0.2, -0.15) is 5.26 Å². The molecule has 1 heterocycles. The lowest BCUT2D eigenvalue weighted by Gasteiger charge is -1.94. The van der Waals surface area contributed by atoms with Crippen LogP contribution in [-0.2, 0) is 0 Å². The van der Waals surface area contributed by atoms with E-state index in [9.17, 15) is 0 Å². The number of hydrogen-bond donors (Lipinski definition) is 1. The maximum Gasteiger partial charge on any atom is 0.142 e. The first-order valence-corrected chi connectivity index (χ1v) is 2.93. The highest BCUT2D eigenvalue weighted by atomic mass is 35.5. The van der Waals surface area contributed by atoms with Crippen LogP contribution in [0.4, 0.5) is 5.69 Å². The van der Waals surface area contributed by atoms with E-state index >= 15 is 0 Å². The summed E-state index contributed by atoms with van der Waals surface area (Å²) in [6.45, 7) is 0. The molecule has 0 amide bonds. The molecule has 1 rings (SSSR count). The number of nitrogens with zero attached hydrogens (tertiary/aromatic N) is 2. The fourth-order valence-electron chi connectivity index (χ4n) is 0.515. The van der Waals surface area contributed by atoms with Crippen LogP contribution in [0.2, 0.25) is 5.02 Å². The van der Waals surface area contributed by atoms with Crippen molar-refractivity contribution >= 4 is 17.3 Å². The number of hydrogen-bond acceptors (Lipinski definition) is 3. The second-order valence-corrected chi connectivity index (χ2v) is 2.11. The van der Waals surface area contributed by atoms with Gasteiger partial charge in [0.25, 0.3) is 0 Å². The molecule has 2 N–H and O–H groups in total. The van der Waals surface area contributed by atoms with Crippen LogP contribution < -0.4 is 5.73 Å². The third-order valence-corrected chi connectivity index (χ3v) is 1.32. The lowest BCUT2D eigenvalue weighted by Crippen LogP contribution is -1.89. The van der Waals surface area contributed by atoms with E-state index in [-0.39, 0.29) is 5.69 Å². The number of rotatable bonds is 0. The smallest absolute Gasteiger partial charge is 0.142 e. The zero-order chi connectivity index (χ0) is 7.56. The maximum atomic E-state index is 8.34. The predicted molar refractivity (Wildman–Crippen MR) is 38.4 cm³/mol. The summed E-state index contributed by atoms with van der Waals surface area (Å²) >= 11 is 5.54. The van der Waals surface area contributed by atoms with Crippen molar-refractivity contribution in [1.29, 1.82) is 5.26 Å². The van der Waals surface area contributed by atoms with E-state index in [2.05, 4.69) is 4.98 Å². The quantitative estimate of drug-likeness (QED) is 0.609. The minimum atomic E-state index is 0.280. The van der Waals surface area contributed by atoms with Gasteiger partial charge in [0, 0.05) is 6.20 Å². The van der Waals surface area contributed by atoms with E-state index in [1.807, 2.05) is 6.07 Å². The standard InChI is InChI=1S/C6H4ClN3/c7-5-3-10-4(2-8)1-6(5)9/h1,3H,(H2,9,10). The largest absolute Gasteiger partial charge is 0.397 e. The number of pyridine rings is 1. The van der Waals surface area contributed by atoms with Crippen LogP contribution in [0.15, 0.2) is 12.3 Å². The first kappa shape index (κ1) is 6.84. The third-order valence-electron chi connectivity index (χ3n) is 1.000. The van der Waals surface area contributed by atoms with Crippen molar-refractivity contribution < 1.29 is 0 Å². The third kappa shape index (κ3) is 1.17. The molecule has 0 radical (unpaired) electrons. The first-order chi connectivity index (χ1) is 4.74. The molecule has 10 heavy (non-hydrogen) atoms. The Morgan fingerprint density at radius 1 is 1.70 bits per heavy atom. The minimum absolute atomic E-state index is 0.280. The van der Waals surface area contributed by atoms with Gasteiger partial charge in [-0.1, -0.05) is 11.6 Å². The molecule has 0 unspecified atom stereocenters. The van der Waals surface area contributed by atoms with Crippen molar-refractivity contribution in [2.45, 2.75) is 0 Å². The van der Waals surface area contributed by atoms with Gasteiger partial charge in [-0.25, -0.2) is 4.98 Å². The monoisotopic (exact) mass is 153 g/mol. The summed E-state index contributed by atoms with van der Waals surface area (Å²) in [4.78, 5) is 3.68. The Hall–Kier alpha value is -1.27. The molecule has 4 heteroatoms. The molecule has 0 aliphatic carbocycles. The van der Waals surface area contributed by atoms with Crippen LogP contribution in [0, 0.1) is 11.3 Å². The fourth-order valence-corrected chi connectivity index (χ4v) is 0.619. The van der Waals surface area contributed by atoms with Crippen molar-refractivity contribution in [3.05, 3.63) is 23.0 Å². The van der Waals surface area contributed by atoms with Crippen LogP contribution in [-0.4, -0.2) is 4.98 Å². The van der Waals surface area contributed by atoms with Crippen molar-refractivity contribution in [3.8, 4) is 6.07 Å². The second-order valence-electron chi connectivity index (χ2n) is 1.70. The molecular weight excluding hydrogens is 150 g/mol. The van der Waals surface area contributed by atoms with Gasteiger partial charge in [0.05, 0.1) is 10.7 Å². The molecule has 0 saturated heterocycles. The SMILES string of the molecule is N#Cc1cc(N)c(Cl)cn1. The molecule has 0 atom stereocenters. The summed E-state index contributed by atoms with van der Waals surface area (Å²) in [7, 11) is 0. The lowest BCUT2D eigenvalue weighted by molar-refractivity contribution is 1.27. The van der Waals surface area contributed by atoms with Crippen molar-refractivity contribution in [1.82, 2.24) is 4.98 Å². The zero-order valence-corrected chi connectivity index (χ0v) is 5.76. The number of halogens is 1. The van der Waals surface area contributed by atoms with Gasteiger partial charge in [0.15, 0.2) is 0 Å². The average molecular weight is 154 g/mol. The van der Waals surface area contributed by atoms with E-state index in [0.717, 1.165) is 0 Å². The average Bonchev–Trinajstić information content (AvgIpc) is 1.95. The van der Waals surface area contributed by atoms with Gasteiger partial charge < -0.3 is 5.73 Å². The van der Waals surface area contributed by atoms with E-state index in [1.54, 1.807) is 0 Å². The molecule has 1 aromatic rings. The van der Waals surface area contributed by atoms with Crippen molar-refractivity contribution in [2.75, 3.05) is 5.73 Å². The molecular formula is C6H4ClN3. The van der Waals surface area contributed by atoms with E-state index in [4.69, 9.17) is 22.6 Å². The summed E-state index contributed by atoms with van der Waals surface area (Å²) in [5, 5.41) is 8.72. The summed E-state index contributed by atoms with van der Waals surface area (Å²) in [6.07, 6.45) is 1.36. The normalized spacial score (nSPS) is 8.80. The number of aromatic nitrogens is 1. The minimum Gasteiger partial charge on any atom is -0.397 e. The topological polar surface area (TPSA) is 62.7 Å². The van der Waals surface area contributed by atoms with E-state index < -0.39 is 0 Å². The van der Waals surface area contributed by atoms with Gasteiger partial charge in [0.1, 0.15) is 11.8 Å². The molecule has 3 nitrogen and oxygen atoms in total. The summed E-state index contributed by atoms with van der Waals surface area (Å²) in [5.41, 5.74) is 6.04. The predicted octanol–water partition coefficient (Wildman–Crippen LogP) is 1.19. The van der Waals surface area contributed by atoms with Gasteiger partial charge in [-0.05, 0) is 6.07 Å². The molecule has 50 valence electrons. The van der Waals surface area contributed by atoms with Gasteiger partial charge in [-0.3, -0.25) is 0 Å². The zero-order valence-electron chi connectivity index (χ0n) is 5.00. The maximum absolute atomic E-state index is 8.34. The molecule has 0 aliphatic rings. The van der Waals surface area contributed by atoms with Crippen LogP contribution in [0.25, 0.3) is 0 Å². The van der Waals surface area contributed by atoms with Crippen LogP contribution in [0.5, 0.6) is 0 Å². The number of nitriles is 1. The first-order valence-electron chi connectivity index (χ1n) is 2.55. The highest BCUT2D eigenvalue weighted by Gasteiger charge is 1.96. The lowest BCUT2D eigenvalue weighted by atomic mass is 10.3. The van der Waals surface area contributed by atoms with Gasteiger partial charge in [-0.15, -0.1) is 0 Å². The Bertz CT molecular complexity index is 290. The molecule has 1 aromatic heterocycles. The molecule has 0 spiro atoms. The highest BCUT2D eigenvalue weighted by Crippen LogP contribution is 2.16. The number of nitrogen functional groups attached to an aromatic ring is 1. The Labute approximate surface area is 63.1 Å². The number of nitrogens with two attached hydrogens (primary N) is 1. The Kier molecular flexibility index (Phi) is 1.74. The van der Waals surface area contributed by atoms with E-state index in [0.29, 0.717) is 10.7 Å². The molecule has 0 saturated carbocycles. The molecule has 0 fully saturated rings. The number of anilines is 1. The summed E-state index contributed by atoms with van der Waals surface area (Å²) in [6, 6.07) is 3.28.